The standard InChI is InChI=1S/C15H24N4O6S2/c1-6-11-10(7(2)20)14(21)19(11)12(15(22)23)13(6)26-9-3-8(17-5-9)4-18-27(16,24)25/h6-11,17-18,20H,3-5H2,1-2H3,(H,22,23)(H2,16,24,25)/t6-,7+,8+,9+,10-,11+/m0/s1. The van der Waals surface area contributed by atoms with Crippen molar-refractivity contribution in [2.24, 2.45) is 17.0 Å². The molecule has 6 N–H and O–H groups in total. The number of fused-ring (bicyclic) bond motifs is 1. The highest BCUT2D eigenvalue weighted by Gasteiger charge is 2.60. The number of nitrogens with one attached hydrogen (secondary N) is 2. The fourth-order valence-electron chi connectivity index (χ4n) is 4.10. The van der Waals surface area contributed by atoms with Crippen LogP contribution in [0.15, 0.2) is 10.6 Å². The molecule has 0 saturated carbocycles. The van der Waals surface area contributed by atoms with Crippen LogP contribution in [-0.4, -0.2) is 71.9 Å². The molecule has 3 rings (SSSR count). The van der Waals surface area contributed by atoms with E-state index in [0.29, 0.717) is 17.9 Å². The Morgan fingerprint density at radius 2 is 2.19 bits per heavy atom. The molecule has 2 fully saturated rings. The van der Waals surface area contributed by atoms with Crippen molar-refractivity contribution in [3.63, 3.8) is 0 Å². The molecular weight excluding hydrogens is 396 g/mol. The maximum atomic E-state index is 12.3. The molecule has 152 valence electrons. The number of carboxylic acid groups (broad SMARTS) is 1. The predicted molar refractivity (Wildman–Crippen MR) is 98.5 cm³/mol. The third-order valence-electron chi connectivity index (χ3n) is 5.32. The van der Waals surface area contributed by atoms with E-state index in [2.05, 4.69) is 10.0 Å². The van der Waals surface area contributed by atoms with E-state index in [0.717, 1.165) is 0 Å². The number of nitrogens with zero attached hydrogens (tertiary/aromatic N) is 1. The number of hydrogen-bond acceptors (Lipinski definition) is 7. The van der Waals surface area contributed by atoms with E-state index in [1.165, 1.54) is 16.7 Å². The first kappa shape index (κ1) is 20.6. The highest BCUT2D eigenvalue weighted by atomic mass is 32.2. The molecule has 27 heavy (non-hydrogen) atoms. The molecule has 2 saturated heterocycles. The number of carboxylic acids is 1. The number of rotatable bonds is 7. The molecule has 0 radical (unpaired) electrons. The number of nitrogens with two attached hydrogens (primary N) is 1. The normalized spacial score (nSPS) is 34.6. The quantitative estimate of drug-likeness (QED) is 0.308. The summed E-state index contributed by atoms with van der Waals surface area (Å²) in [5.41, 5.74) is 0.00510. The van der Waals surface area contributed by atoms with Gasteiger partial charge in [-0.15, -0.1) is 11.8 Å². The minimum Gasteiger partial charge on any atom is -0.477 e. The van der Waals surface area contributed by atoms with Crippen LogP contribution in [0.3, 0.4) is 0 Å². The van der Waals surface area contributed by atoms with Crippen LogP contribution in [0.5, 0.6) is 0 Å². The van der Waals surface area contributed by atoms with Gasteiger partial charge in [0.05, 0.1) is 18.1 Å². The van der Waals surface area contributed by atoms with Crippen molar-refractivity contribution in [3.05, 3.63) is 10.6 Å². The minimum atomic E-state index is -3.76. The molecule has 10 nitrogen and oxygen atoms in total. The van der Waals surface area contributed by atoms with Crippen molar-refractivity contribution in [2.75, 3.05) is 13.1 Å². The molecule has 0 aliphatic carbocycles. The van der Waals surface area contributed by atoms with Gasteiger partial charge in [0.2, 0.25) is 5.91 Å². The van der Waals surface area contributed by atoms with Crippen molar-refractivity contribution in [3.8, 4) is 0 Å². The first-order chi connectivity index (χ1) is 12.5. The molecular formula is C15H24N4O6S2. The van der Waals surface area contributed by atoms with Crippen LogP contribution in [0.4, 0.5) is 0 Å². The van der Waals surface area contributed by atoms with Crippen LogP contribution in [0, 0.1) is 11.8 Å². The molecule has 0 spiro atoms. The van der Waals surface area contributed by atoms with Gasteiger partial charge in [-0.05, 0) is 13.3 Å². The Morgan fingerprint density at radius 1 is 1.52 bits per heavy atom. The molecule has 3 aliphatic heterocycles. The Balaban J connectivity index is 1.71. The number of hydrogen-bond donors (Lipinski definition) is 5. The SMILES string of the molecule is C[C@@H]1C(S[C@H]2CN[C@@H](CNS(N)(=O)=O)C2)=C(C(=O)O)N2C(=O)[C@@H]([C@@H](C)O)[C@@H]12. The highest BCUT2D eigenvalue weighted by molar-refractivity contribution is 8.03. The van der Waals surface area contributed by atoms with E-state index in [1.807, 2.05) is 6.92 Å². The zero-order valence-corrected chi connectivity index (χ0v) is 16.6. The summed E-state index contributed by atoms with van der Waals surface area (Å²) in [6.07, 6.45) is -0.197. The smallest absolute Gasteiger partial charge is 0.353 e. The van der Waals surface area contributed by atoms with Gasteiger partial charge in [0, 0.05) is 35.2 Å². The molecule has 0 aromatic carbocycles. The first-order valence-corrected chi connectivity index (χ1v) is 11.1. The van der Waals surface area contributed by atoms with E-state index < -0.39 is 28.2 Å². The third-order valence-corrected chi connectivity index (χ3v) is 7.40. The van der Waals surface area contributed by atoms with Crippen molar-refractivity contribution < 1.29 is 28.2 Å². The van der Waals surface area contributed by atoms with Crippen LogP contribution >= 0.6 is 11.8 Å². The van der Waals surface area contributed by atoms with Crippen LogP contribution in [0.25, 0.3) is 0 Å². The Bertz CT molecular complexity index is 783. The van der Waals surface area contributed by atoms with Crippen LogP contribution in [0.2, 0.25) is 0 Å². The molecule has 3 aliphatic rings. The fourth-order valence-corrected chi connectivity index (χ4v) is 6.05. The van der Waals surface area contributed by atoms with E-state index >= 15 is 0 Å². The van der Waals surface area contributed by atoms with Gasteiger partial charge in [-0.2, -0.15) is 8.42 Å². The average molecular weight is 421 g/mol. The Morgan fingerprint density at radius 3 is 2.74 bits per heavy atom. The molecule has 1 amide bonds. The van der Waals surface area contributed by atoms with E-state index in [1.54, 1.807) is 6.92 Å². The van der Waals surface area contributed by atoms with Crippen molar-refractivity contribution in [1.82, 2.24) is 14.9 Å². The second kappa shape index (κ2) is 7.33. The van der Waals surface area contributed by atoms with Gasteiger partial charge in [0.1, 0.15) is 5.70 Å². The van der Waals surface area contributed by atoms with Gasteiger partial charge < -0.3 is 20.4 Å². The number of aliphatic hydroxyl groups is 1. The molecule has 6 atom stereocenters. The number of aliphatic hydroxyl groups excluding tert-OH is 1. The largest absolute Gasteiger partial charge is 0.477 e. The highest BCUT2D eigenvalue weighted by Crippen LogP contribution is 2.51. The summed E-state index contributed by atoms with van der Waals surface area (Å²) < 4.78 is 24.3. The zero-order chi connectivity index (χ0) is 20.1. The first-order valence-electron chi connectivity index (χ1n) is 8.67. The number of β-lactam (4-membered cyclic amide) rings is 1. The summed E-state index contributed by atoms with van der Waals surface area (Å²) in [7, 11) is -3.76. The third kappa shape index (κ3) is 3.87. The van der Waals surface area contributed by atoms with E-state index in [9.17, 15) is 28.2 Å². The second-order valence-electron chi connectivity index (χ2n) is 7.25. The van der Waals surface area contributed by atoms with Crippen LogP contribution < -0.4 is 15.2 Å². The maximum absolute atomic E-state index is 12.3. The Labute approximate surface area is 161 Å². The number of aliphatic carboxylic acids is 1. The average Bonchev–Trinajstić information content (AvgIpc) is 3.07. The van der Waals surface area contributed by atoms with Crippen molar-refractivity contribution in [1.29, 1.82) is 0 Å². The Hall–Kier alpha value is -1.18. The lowest BCUT2D eigenvalue weighted by Crippen LogP contribution is -2.63. The molecule has 12 heteroatoms. The fraction of sp³-hybridized carbons (Fsp3) is 0.733. The summed E-state index contributed by atoms with van der Waals surface area (Å²) in [4.78, 5) is 26.1. The number of amides is 1. The van der Waals surface area contributed by atoms with Gasteiger partial charge in [-0.25, -0.2) is 14.7 Å². The monoisotopic (exact) mass is 420 g/mol. The topological polar surface area (TPSA) is 162 Å². The summed E-state index contributed by atoms with van der Waals surface area (Å²) in [6.45, 7) is 4.17. The lowest BCUT2D eigenvalue weighted by molar-refractivity contribution is -0.163. The van der Waals surface area contributed by atoms with Crippen molar-refractivity contribution in [2.45, 2.75) is 43.7 Å². The van der Waals surface area contributed by atoms with Crippen LogP contribution in [0.1, 0.15) is 20.3 Å². The summed E-state index contributed by atoms with van der Waals surface area (Å²) in [5, 5.41) is 27.7. The van der Waals surface area contributed by atoms with Gasteiger partial charge in [-0.3, -0.25) is 4.79 Å². The number of thioether (sulfide) groups is 1. The van der Waals surface area contributed by atoms with Crippen molar-refractivity contribution >= 4 is 33.8 Å². The van der Waals surface area contributed by atoms with Gasteiger partial charge in [-0.1, -0.05) is 6.92 Å². The predicted octanol–water partition coefficient (Wildman–Crippen LogP) is -1.60. The van der Waals surface area contributed by atoms with E-state index in [-0.39, 0.29) is 41.4 Å². The number of carbonyl (C=O) groups is 2. The van der Waals surface area contributed by atoms with E-state index in [4.69, 9.17) is 5.14 Å². The molecule has 0 aromatic rings. The number of carbonyl (C=O) groups excluding carboxylic acids is 1. The molecule has 3 heterocycles. The van der Waals surface area contributed by atoms with Gasteiger partial charge >= 0.3 is 5.97 Å². The summed E-state index contributed by atoms with van der Waals surface area (Å²) >= 11 is 1.41. The van der Waals surface area contributed by atoms with Crippen LogP contribution in [-0.2, 0) is 19.8 Å². The summed E-state index contributed by atoms with van der Waals surface area (Å²) in [6, 6.07) is -0.435. The van der Waals surface area contributed by atoms with Gasteiger partial charge in [0.15, 0.2) is 0 Å². The summed E-state index contributed by atoms with van der Waals surface area (Å²) in [5.74, 6) is -2.27. The minimum absolute atomic E-state index is 0.00510. The molecule has 0 unspecified atom stereocenters. The lowest BCUT2D eigenvalue weighted by Gasteiger charge is -2.46. The lowest BCUT2D eigenvalue weighted by atomic mass is 9.79. The Kier molecular flexibility index (Phi) is 5.58. The second-order valence-corrected chi connectivity index (χ2v) is 9.97. The van der Waals surface area contributed by atoms with Gasteiger partial charge in [0.25, 0.3) is 10.2 Å². The zero-order valence-electron chi connectivity index (χ0n) is 15.0. The molecule has 0 bridgehead atoms. The molecule has 0 aromatic heterocycles. The maximum Gasteiger partial charge on any atom is 0.353 e.